The lowest BCUT2D eigenvalue weighted by Crippen LogP contribution is -2.32. The fourth-order valence-electron chi connectivity index (χ4n) is 4.54. The Labute approximate surface area is 205 Å². The number of nitrogens with one attached hydrogen (secondary N) is 2. The Bertz CT molecular complexity index is 1230. The number of fused-ring (bicyclic) bond motifs is 1. The lowest BCUT2D eigenvalue weighted by Gasteiger charge is -2.26. The molecule has 1 aliphatic carbocycles. The van der Waals surface area contributed by atoms with E-state index in [2.05, 4.69) is 96.9 Å². The number of carbonyl (C=O) groups excluding carboxylic acids is 1. The van der Waals surface area contributed by atoms with Crippen molar-refractivity contribution in [2.75, 3.05) is 5.75 Å². The van der Waals surface area contributed by atoms with Crippen molar-refractivity contribution in [2.24, 2.45) is 0 Å². The predicted molar refractivity (Wildman–Crippen MR) is 140 cm³/mol. The summed E-state index contributed by atoms with van der Waals surface area (Å²) in [4.78, 5) is 21.2. The van der Waals surface area contributed by atoms with Gasteiger partial charge in [0.1, 0.15) is 0 Å². The minimum absolute atomic E-state index is 0.0388. The number of aryl methyl sites for hydroxylation is 3. The first-order valence-electron chi connectivity index (χ1n) is 11.8. The standard InChI is InChI=1S/C29H29N3OS/c1-19-10-14-22(15-11-19)27-28(23-16-12-20(2)13-17-23)32-29(31-27)34-18-26(33)30-25-9-5-7-21-6-3-4-8-24(21)25/h3-4,6,8,10-17,25H,5,7,9,18H2,1-2H3,(H,30,33)(H,31,32)/t25-/m0/s1. The van der Waals surface area contributed by atoms with E-state index in [-0.39, 0.29) is 11.9 Å². The van der Waals surface area contributed by atoms with Gasteiger partial charge in [-0.15, -0.1) is 0 Å². The van der Waals surface area contributed by atoms with Gasteiger partial charge in [-0.2, -0.15) is 0 Å². The number of hydrogen-bond donors (Lipinski definition) is 2. The summed E-state index contributed by atoms with van der Waals surface area (Å²) in [5, 5.41) is 4.00. The topological polar surface area (TPSA) is 57.8 Å². The van der Waals surface area contributed by atoms with Crippen LogP contribution in [0.2, 0.25) is 0 Å². The number of nitrogens with zero attached hydrogens (tertiary/aromatic N) is 1. The van der Waals surface area contributed by atoms with Crippen LogP contribution in [0, 0.1) is 13.8 Å². The summed E-state index contributed by atoms with van der Waals surface area (Å²) < 4.78 is 0. The van der Waals surface area contributed by atoms with Crippen LogP contribution in [0.1, 0.15) is 41.1 Å². The van der Waals surface area contributed by atoms with E-state index in [1.165, 1.54) is 34.0 Å². The molecule has 4 aromatic rings. The Morgan fingerprint density at radius 1 is 0.971 bits per heavy atom. The molecular weight excluding hydrogens is 438 g/mol. The minimum atomic E-state index is 0.0388. The first-order chi connectivity index (χ1) is 16.6. The van der Waals surface area contributed by atoms with Crippen LogP contribution in [-0.4, -0.2) is 21.6 Å². The molecule has 1 amide bonds. The minimum Gasteiger partial charge on any atom is -0.349 e. The highest BCUT2D eigenvalue weighted by atomic mass is 32.2. The van der Waals surface area contributed by atoms with Crippen molar-refractivity contribution in [3.05, 3.63) is 95.1 Å². The third kappa shape index (κ3) is 4.95. The van der Waals surface area contributed by atoms with Crippen molar-refractivity contribution in [3.8, 4) is 22.5 Å². The average molecular weight is 468 g/mol. The predicted octanol–water partition coefficient (Wildman–Crippen LogP) is 6.65. The van der Waals surface area contributed by atoms with Gasteiger partial charge in [0.15, 0.2) is 5.16 Å². The normalized spacial score (nSPS) is 15.1. The second-order valence-electron chi connectivity index (χ2n) is 9.00. The van der Waals surface area contributed by atoms with Crippen molar-refractivity contribution in [1.82, 2.24) is 15.3 Å². The zero-order valence-corrected chi connectivity index (χ0v) is 20.4. The molecule has 172 valence electrons. The van der Waals surface area contributed by atoms with Crippen LogP contribution in [0.3, 0.4) is 0 Å². The molecule has 1 atom stereocenters. The third-order valence-corrected chi connectivity index (χ3v) is 7.27. The molecule has 0 saturated heterocycles. The maximum absolute atomic E-state index is 12.8. The molecule has 0 aliphatic heterocycles. The number of amides is 1. The molecule has 0 unspecified atom stereocenters. The average Bonchev–Trinajstić information content (AvgIpc) is 3.28. The quantitative estimate of drug-likeness (QED) is 0.312. The van der Waals surface area contributed by atoms with E-state index in [9.17, 15) is 4.79 Å². The van der Waals surface area contributed by atoms with Gasteiger partial charge in [0.25, 0.3) is 0 Å². The molecule has 1 aromatic heterocycles. The summed E-state index contributed by atoms with van der Waals surface area (Å²) in [6, 6.07) is 25.4. The first-order valence-corrected chi connectivity index (χ1v) is 12.8. The van der Waals surface area contributed by atoms with E-state index in [4.69, 9.17) is 4.98 Å². The number of benzene rings is 3. The van der Waals surface area contributed by atoms with Crippen LogP contribution in [0.15, 0.2) is 78.0 Å². The Hall–Kier alpha value is -3.31. The Morgan fingerprint density at radius 2 is 1.65 bits per heavy atom. The maximum atomic E-state index is 12.8. The summed E-state index contributed by atoms with van der Waals surface area (Å²) >= 11 is 1.45. The van der Waals surface area contributed by atoms with E-state index < -0.39 is 0 Å². The number of carbonyl (C=O) groups is 1. The number of rotatable bonds is 6. The molecule has 0 radical (unpaired) electrons. The van der Waals surface area contributed by atoms with Gasteiger partial charge in [-0.3, -0.25) is 4.79 Å². The lowest BCUT2D eigenvalue weighted by atomic mass is 9.88. The second kappa shape index (κ2) is 9.90. The largest absolute Gasteiger partial charge is 0.349 e. The summed E-state index contributed by atoms with van der Waals surface area (Å²) in [6.07, 6.45) is 3.18. The van der Waals surface area contributed by atoms with E-state index in [1.807, 2.05) is 0 Å². The maximum Gasteiger partial charge on any atom is 0.230 e. The van der Waals surface area contributed by atoms with Gasteiger partial charge in [0.2, 0.25) is 5.91 Å². The van der Waals surface area contributed by atoms with Crippen molar-refractivity contribution >= 4 is 17.7 Å². The second-order valence-corrected chi connectivity index (χ2v) is 9.96. The summed E-state index contributed by atoms with van der Waals surface area (Å²) in [7, 11) is 0. The zero-order chi connectivity index (χ0) is 23.5. The monoisotopic (exact) mass is 467 g/mol. The summed E-state index contributed by atoms with van der Waals surface area (Å²) in [6.45, 7) is 4.17. The molecule has 5 rings (SSSR count). The van der Waals surface area contributed by atoms with Crippen molar-refractivity contribution in [1.29, 1.82) is 0 Å². The summed E-state index contributed by atoms with van der Waals surface area (Å²) in [5.41, 5.74) is 9.08. The van der Waals surface area contributed by atoms with Crippen molar-refractivity contribution in [2.45, 2.75) is 44.3 Å². The van der Waals surface area contributed by atoms with Gasteiger partial charge < -0.3 is 10.3 Å². The molecule has 0 fully saturated rings. The smallest absolute Gasteiger partial charge is 0.230 e. The number of aromatic amines is 1. The molecule has 4 nitrogen and oxygen atoms in total. The molecule has 3 aromatic carbocycles. The number of imidazole rings is 1. The fraction of sp³-hybridized carbons (Fsp3) is 0.241. The molecule has 1 heterocycles. The highest BCUT2D eigenvalue weighted by Gasteiger charge is 2.22. The highest BCUT2D eigenvalue weighted by molar-refractivity contribution is 7.99. The first kappa shape index (κ1) is 22.5. The van der Waals surface area contributed by atoms with E-state index in [0.29, 0.717) is 5.75 Å². The van der Waals surface area contributed by atoms with Gasteiger partial charge in [-0.05, 0) is 44.2 Å². The van der Waals surface area contributed by atoms with Crippen LogP contribution in [0.5, 0.6) is 0 Å². The Morgan fingerprint density at radius 3 is 2.38 bits per heavy atom. The Balaban J connectivity index is 1.34. The fourth-order valence-corrected chi connectivity index (χ4v) is 5.22. The third-order valence-electron chi connectivity index (χ3n) is 6.39. The SMILES string of the molecule is Cc1ccc(-c2nc(SCC(=O)N[C@H]3CCCc4ccccc43)[nH]c2-c2ccc(C)cc2)cc1. The Kier molecular flexibility index (Phi) is 6.54. The van der Waals surface area contributed by atoms with Gasteiger partial charge in [0, 0.05) is 11.1 Å². The van der Waals surface area contributed by atoms with Crippen molar-refractivity contribution in [3.63, 3.8) is 0 Å². The summed E-state index contributed by atoms with van der Waals surface area (Å²) in [5.74, 6) is 0.365. The number of thioether (sulfide) groups is 1. The van der Waals surface area contributed by atoms with Gasteiger partial charge >= 0.3 is 0 Å². The molecular formula is C29H29N3OS. The molecule has 1 aliphatic rings. The zero-order valence-electron chi connectivity index (χ0n) is 19.6. The highest BCUT2D eigenvalue weighted by Crippen LogP contribution is 2.33. The van der Waals surface area contributed by atoms with Crippen LogP contribution in [-0.2, 0) is 11.2 Å². The van der Waals surface area contributed by atoms with Gasteiger partial charge in [-0.1, -0.05) is 95.7 Å². The number of aromatic nitrogens is 2. The van der Waals surface area contributed by atoms with Crippen molar-refractivity contribution < 1.29 is 4.79 Å². The van der Waals surface area contributed by atoms with Gasteiger partial charge in [0.05, 0.1) is 23.2 Å². The van der Waals surface area contributed by atoms with Crippen LogP contribution in [0.4, 0.5) is 0 Å². The number of hydrogen-bond acceptors (Lipinski definition) is 3. The molecule has 5 heteroatoms. The van der Waals surface area contributed by atoms with E-state index >= 15 is 0 Å². The molecule has 2 N–H and O–H groups in total. The van der Waals surface area contributed by atoms with Crippen LogP contribution in [0.25, 0.3) is 22.5 Å². The van der Waals surface area contributed by atoms with Crippen LogP contribution >= 0.6 is 11.8 Å². The molecule has 0 saturated carbocycles. The molecule has 34 heavy (non-hydrogen) atoms. The number of H-pyrrole nitrogens is 1. The van der Waals surface area contributed by atoms with E-state index in [0.717, 1.165) is 46.9 Å². The lowest BCUT2D eigenvalue weighted by molar-refractivity contribution is -0.119. The van der Waals surface area contributed by atoms with Crippen LogP contribution < -0.4 is 5.32 Å². The van der Waals surface area contributed by atoms with Gasteiger partial charge in [-0.25, -0.2) is 4.98 Å². The molecule has 0 spiro atoms. The van der Waals surface area contributed by atoms with E-state index in [1.54, 1.807) is 0 Å². The molecule has 0 bridgehead atoms.